The lowest BCUT2D eigenvalue weighted by molar-refractivity contribution is -0.136. The number of carbonyl (C=O) groups is 1. The lowest BCUT2D eigenvalue weighted by Gasteiger charge is -2.36. The molecule has 0 N–H and O–H groups in total. The summed E-state index contributed by atoms with van der Waals surface area (Å²) < 4.78 is 28.8. The molecule has 25 heavy (non-hydrogen) atoms. The third kappa shape index (κ3) is 3.71. The van der Waals surface area contributed by atoms with Crippen molar-refractivity contribution >= 4 is 5.91 Å². The standard InChI is InChI=1S/C18H22F2N4O/c1-13-6-7-21-24(13)14(2)18(25)23-10-8-22(9-11-23)12-15-4-3-5-16(19)17(15)20/h3-7,14H,8-12H2,1-2H3. The minimum Gasteiger partial charge on any atom is -0.338 e. The Morgan fingerprint density at radius 3 is 2.56 bits per heavy atom. The van der Waals surface area contributed by atoms with Crippen LogP contribution in [-0.4, -0.2) is 51.7 Å². The molecule has 2 heterocycles. The van der Waals surface area contributed by atoms with Gasteiger partial charge in [0, 0.05) is 50.2 Å². The molecule has 1 unspecified atom stereocenters. The molecule has 1 atom stereocenters. The van der Waals surface area contributed by atoms with E-state index in [0.717, 1.165) is 11.8 Å². The molecule has 1 aliphatic rings. The number of aromatic nitrogens is 2. The zero-order valence-electron chi connectivity index (χ0n) is 14.5. The zero-order valence-corrected chi connectivity index (χ0v) is 14.5. The fourth-order valence-corrected chi connectivity index (χ4v) is 3.19. The van der Waals surface area contributed by atoms with Crippen molar-refractivity contribution in [3.8, 4) is 0 Å². The third-order valence-electron chi connectivity index (χ3n) is 4.70. The predicted molar refractivity (Wildman–Crippen MR) is 89.9 cm³/mol. The summed E-state index contributed by atoms with van der Waals surface area (Å²) >= 11 is 0. The van der Waals surface area contributed by atoms with E-state index >= 15 is 0 Å². The monoisotopic (exact) mass is 348 g/mol. The van der Waals surface area contributed by atoms with Crippen LogP contribution in [0.2, 0.25) is 0 Å². The van der Waals surface area contributed by atoms with Crippen molar-refractivity contribution in [2.45, 2.75) is 26.4 Å². The lowest BCUT2D eigenvalue weighted by Crippen LogP contribution is -2.50. The molecule has 0 aliphatic carbocycles. The Balaban J connectivity index is 1.57. The van der Waals surface area contributed by atoms with E-state index < -0.39 is 11.6 Å². The van der Waals surface area contributed by atoms with Crippen molar-refractivity contribution < 1.29 is 13.6 Å². The van der Waals surface area contributed by atoms with Gasteiger partial charge in [-0.3, -0.25) is 14.4 Å². The molecule has 1 aliphatic heterocycles. The summed E-state index contributed by atoms with van der Waals surface area (Å²) in [7, 11) is 0. The van der Waals surface area contributed by atoms with Crippen LogP contribution in [0.1, 0.15) is 24.2 Å². The summed E-state index contributed by atoms with van der Waals surface area (Å²) in [5.74, 6) is -1.58. The smallest absolute Gasteiger partial charge is 0.247 e. The van der Waals surface area contributed by atoms with Gasteiger partial charge in [0.2, 0.25) is 5.91 Å². The van der Waals surface area contributed by atoms with Gasteiger partial charge in [-0.05, 0) is 26.0 Å². The van der Waals surface area contributed by atoms with Crippen LogP contribution >= 0.6 is 0 Å². The highest BCUT2D eigenvalue weighted by Gasteiger charge is 2.27. The second-order valence-electron chi connectivity index (χ2n) is 6.41. The number of hydrogen-bond donors (Lipinski definition) is 0. The van der Waals surface area contributed by atoms with Gasteiger partial charge in [0.25, 0.3) is 0 Å². The van der Waals surface area contributed by atoms with Gasteiger partial charge < -0.3 is 4.90 Å². The normalized spacial score (nSPS) is 16.9. The van der Waals surface area contributed by atoms with Crippen molar-refractivity contribution in [1.82, 2.24) is 19.6 Å². The first-order chi connectivity index (χ1) is 12.0. The quantitative estimate of drug-likeness (QED) is 0.852. The molecule has 0 saturated carbocycles. The second kappa shape index (κ2) is 7.31. The Morgan fingerprint density at radius 1 is 1.20 bits per heavy atom. The Kier molecular flexibility index (Phi) is 5.13. The van der Waals surface area contributed by atoms with Gasteiger partial charge in [0.05, 0.1) is 0 Å². The van der Waals surface area contributed by atoms with Crippen molar-refractivity contribution in [2.24, 2.45) is 0 Å². The number of piperazine rings is 1. The third-order valence-corrected chi connectivity index (χ3v) is 4.70. The van der Waals surface area contributed by atoms with Gasteiger partial charge >= 0.3 is 0 Å². The van der Waals surface area contributed by atoms with Gasteiger partial charge in [-0.2, -0.15) is 5.10 Å². The maximum Gasteiger partial charge on any atom is 0.247 e. The number of benzene rings is 1. The fourth-order valence-electron chi connectivity index (χ4n) is 3.19. The van der Waals surface area contributed by atoms with Crippen molar-refractivity contribution in [3.63, 3.8) is 0 Å². The summed E-state index contributed by atoms with van der Waals surface area (Å²) in [5, 5.41) is 4.20. The van der Waals surface area contributed by atoms with Crippen LogP contribution in [0.25, 0.3) is 0 Å². The molecule has 1 aromatic heterocycles. The molecule has 2 aromatic rings. The average molecular weight is 348 g/mol. The second-order valence-corrected chi connectivity index (χ2v) is 6.41. The molecule has 7 heteroatoms. The topological polar surface area (TPSA) is 41.4 Å². The van der Waals surface area contributed by atoms with E-state index in [2.05, 4.69) is 5.10 Å². The van der Waals surface area contributed by atoms with Crippen LogP contribution in [0.5, 0.6) is 0 Å². The van der Waals surface area contributed by atoms with Crippen LogP contribution in [-0.2, 0) is 11.3 Å². The molecule has 0 radical (unpaired) electrons. The molecule has 134 valence electrons. The summed E-state index contributed by atoms with van der Waals surface area (Å²) in [6.45, 7) is 6.51. The van der Waals surface area contributed by atoms with Crippen LogP contribution in [0.15, 0.2) is 30.5 Å². The molecular formula is C18H22F2N4O. The van der Waals surface area contributed by atoms with Crippen molar-refractivity contribution in [1.29, 1.82) is 0 Å². The zero-order chi connectivity index (χ0) is 18.0. The highest BCUT2D eigenvalue weighted by Crippen LogP contribution is 2.17. The molecule has 1 fully saturated rings. The number of amides is 1. The van der Waals surface area contributed by atoms with E-state index in [9.17, 15) is 13.6 Å². The number of carbonyl (C=O) groups excluding carboxylic acids is 1. The maximum absolute atomic E-state index is 13.8. The number of rotatable bonds is 4. The first-order valence-corrected chi connectivity index (χ1v) is 8.41. The number of aryl methyl sites for hydroxylation is 1. The summed E-state index contributed by atoms with van der Waals surface area (Å²) in [5.41, 5.74) is 1.29. The SMILES string of the molecule is Cc1ccnn1C(C)C(=O)N1CCN(Cc2cccc(F)c2F)CC1. The van der Waals surface area contributed by atoms with Gasteiger partial charge in [-0.1, -0.05) is 12.1 Å². The summed E-state index contributed by atoms with van der Waals surface area (Å²) in [6, 6.07) is 5.76. The molecular weight excluding hydrogens is 326 g/mol. The van der Waals surface area contributed by atoms with Gasteiger partial charge in [0.15, 0.2) is 11.6 Å². The molecule has 1 amide bonds. The fraction of sp³-hybridized carbons (Fsp3) is 0.444. The van der Waals surface area contributed by atoms with E-state index in [4.69, 9.17) is 0 Å². The van der Waals surface area contributed by atoms with Crippen molar-refractivity contribution in [2.75, 3.05) is 26.2 Å². The first kappa shape index (κ1) is 17.5. The Bertz CT molecular complexity index is 753. The molecule has 0 spiro atoms. The minimum atomic E-state index is -0.824. The van der Waals surface area contributed by atoms with E-state index in [0.29, 0.717) is 38.3 Å². The number of halogens is 2. The molecule has 3 rings (SSSR count). The van der Waals surface area contributed by atoms with Gasteiger partial charge in [0.1, 0.15) is 6.04 Å². The van der Waals surface area contributed by atoms with E-state index in [-0.39, 0.29) is 11.9 Å². The molecule has 0 bridgehead atoms. The predicted octanol–water partition coefficient (Wildman–Crippen LogP) is 2.38. The van der Waals surface area contributed by atoms with Crippen LogP contribution in [0, 0.1) is 18.6 Å². The maximum atomic E-state index is 13.8. The number of hydrogen-bond acceptors (Lipinski definition) is 3. The Hall–Kier alpha value is -2.28. The molecule has 1 saturated heterocycles. The van der Waals surface area contributed by atoms with E-state index in [1.807, 2.05) is 29.7 Å². The van der Waals surface area contributed by atoms with Gasteiger partial charge in [-0.15, -0.1) is 0 Å². The summed E-state index contributed by atoms with van der Waals surface area (Å²) in [6.07, 6.45) is 1.69. The van der Waals surface area contributed by atoms with Crippen LogP contribution in [0.3, 0.4) is 0 Å². The molecule has 5 nitrogen and oxygen atoms in total. The first-order valence-electron chi connectivity index (χ1n) is 8.41. The van der Waals surface area contributed by atoms with Crippen LogP contribution < -0.4 is 0 Å². The van der Waals surface area contributed by atoms with Gasteiger partial charge in [-0.25, -0.2) is 8.78 Å². The van der Waals surface area contributed by atoms with E-state index in [1.54, 1.807) is 16.9 Å². The highest BCUT2D eigenvalue weighted by molar-refractivity contribution is 5.80. The van der Waals surface area contributed by atoms with E-state index in [1.165, 1.54) is 6.07 Å². The largest absolute Gasteiger partial charge is 0.338 e. The summed E-state index contributed by atoms with van der Waals surface area (Å²) in [4.78, 5) is 16.5. The van der Waals surface area contributed by atoms with Crippen molar-refractivity contribution in [3.05, 3.63) is 53.4 Å². The average Bonchev–Trinajstić information content (AvgIpc) is 3.04. The minimum absolute atomic E-state index is 0.0309. The molecule has 1 aromatic carbocycles. The lowest BCUT2D eigenvalue weighted by atomic mass is 10.1. The Morgan fingerprint density at radius 2 is 1.92 bits per heavy atom. The highest BCUT2D eigenvalue weighted by atomic mass is 19.2. The number of nitrogens with zero attached hydrogens (tertiary/aromatic N) is 4. The van der Waals surface area contributed by atoms with Crippen LogP contribution in [0.4, 0.5) is 8.78 Å². The Labute approximate surface area is 145 Å².